The van der Waals surface area contributed by atoms with Crippen molar-refractivity contribution in [2.45, 2.75) is 20.3 Å². The molecule has 0 bridgehead atoms. The summed E-state index contributed by atoms with van der Waals surface area (Å²) in [6, 6.07) is 11.5. The lowest BCUT2D eigenvalue weighted by molar-refractivity contribution is -0.120. The number of nitrogens with one attached hydrogen (secondary N) is 1. The average molecular weight is 446 g/mol. The van der Waals surface area contributed by atoms with Crippen LogP contribution in [0.3, 0.4) is 0 Å². The topological polar surface area (TPSA) is 58.5 Å². The first-order valence-electron chi connectivity index (χ1n) is 8.20. The van der Waals surface area contributed by atoms with Gasteiger partial charge < -0.3 is 5.32 Å². The number of carbonyl (C=O) groups excluding carboxylic acids is 2. The third-order valence-electron chi connectivity index (χ3n) is 4.43. The van der Waals surface area contributed by atoms with Crippen molar-refractivity contribution < 1.29 is 9.59 Å². The molecule has 1 aliphatic rings. The molecular formula is C20H19IN2O2. The third kappa shape index (κ3) is 3.98. The SMILES string of the molecule is Cc1cc2c(cc1C)=NC(=O)C(CCNC(=O)c1ccccc1I)C=2. The van der Waals surface area contributed by atoms with Crippen LogP contribution >= 0.6 is 22.6 Å². The van der Waals surface area contributed by atoms with E-state index in [1.54, 1.807) is 6.07 Å². The van der Waals surface area contributed by atoms with Crippen LogP contribution in [0.5, 0.6) is 0 Å². The summed E-state index contributed by atoms with van der Waals surface area (Å²) in [5, 5.41) is 4.63. The Kier molecular flexibility index (Phi) is 5.32. The van der Waals surface area contributed by atoms with Crippen LogP contribution in [0.15, 0.2) is 41.4 Å². The minimum absolute atomic E-state index is 0.114. The Bertz CT molecular complexity index is 966. The molecule has 1 aliphatic heterocycles. The first-order chi connectivity index (χ1) is 12.0. The molecule has 2 aromatic carbocycles. The number of fused-ring (bicyclic) bond motifs is 1. The summed E-state index contributed by atoms with van der Waals surface area (Å²) in [4.78, 5) is 28.7. The van der Waals surface area contributed by atoms with Crippen LogP contribution in [-0.2, 0) is 4.79 Å². The van der Waals surface area contributed by atoms with E-state index in [1.807, 2.05) is 37.3 Å². The normalized spacial score (nSPS) is 15.8. The van der Waals surface area contributed by atoms with Crippen molar-refractivity contribution in [1.29, 1.82) is 0 Å². The molecule has 0 spiro atoms. The van der Waals surface area contributed by atoms with Gasteiger partial charge in [-0.25, -0.2) is 4.99 Å². The Hall–Kier alpha value is -2.02. The highest BCUT2D eigenvalue weighted by molar-refractivity contribution is 14.1. The quantitative estimate of drug-likeness (QED) is 0.733. The molecule has 2 amide bonds. The lowest BCUT2D eigenvalue weighted by Crippen LogP contribution is -2.36. The van der Waals surface area contributed by atoms with E-state index in [9.17, 15) is 9.59 Å². The number of hydrogen-bond acceptors (Lipinski definition) is 2. The van der Waals surface area contributed by atoms with Gasteiger partial charge in [-0.15, -0.1) is 0 Å². The van der Waals surface area contributed by atoms with Crippen molar-refractivity contribution in [1.82, 2.24) is 5.32 Å². The van der Waals surface area contributed by atoms with Crippen molar-refractivity contribution in [3.05, 3.63) is 67.2 Å². The summed E-state index contributed by atoms with van der Waals surface area (Å²) >= 11 is 2.14. The van der Waals surface area contributed by atoms with Gasteiger partial charge in [-0.1, -0.05) is 18.2 Å². The van der Waals surface area contributed by atoms with E-state index in [4.69, 9.17) is 0 Å². The highest BCUT2D eigenvalue weighted by atomic mass is 127. The molecule has 5 heteroatoms. The van der Waals surface area contributed by atoms with E-state index >= 15 is 0 Å². The maximum Gasteiger partial charge on any atom is 0.253 e. The molecule has 25 heavy (non-hydrogen) atoms. The number of rotatable bonds is 4. The molecule has 0 radical (unpaired) electrons. The van der Waals surface area contributed by atoms with Crippen molar-refractivity contribution in [3.8, 4) is 0 Å². The molecule has 0 saturated carbocycles. The lowest BCUT2D eigenvalue weighted by Gasteiger charge is -2.14. The highest BCUT2D eigenvalue weighted by Crippen LogP contribution is 2.12. The van der Waals surface area contributed by atoms with E-state index in [1.165, 1.54) is 5.56 Å². The van der Waals surface area contributed by atoms with Crippen LogP contribution in [0.1, 0.15) is 27.9 Å². The highest BCUT2D eigenvalue weighted by Gasteiger charge is 2.19. The smallest absolute Gasteiger partial charge is 0.253 e. The van der Waals surface area contributed by atoms with E-state index in [0.29, 0.717) is 18.5 Å². The van der Waals surface area contributed by atoms with Crippen LogP contribution in [0, 0.1) is 23.3 Å². The predicted molar refractivity (Wildman–Crippen MR) is 106 cm³/mol. The summed E-state index contributed by atoms with van der Waals surface area (Å²) in [6.07, 6.45) is 2.51. The number of carbonyl (C=O) groups is 2. The van der Waals surface area contributed by atoms with Gasteiger partial charge in [0.15, 0.2) is 0 Å². The molecule has 1 N–H and O–H groups in total. The van der Waals surface area contributed by atoms with Gasteiger partial charge >= 0.3 is 0 Å². The average Bonchev–Trinajstić information content (AvgIpc) is 2.57. The Morgan fingerprint density at radius 2 is 1.92 bits per heavy atom. The minimum Gasteiger partial charge on any atom is -0.352 e. The molecule has 0 aromatic heterocycles. The van der Waals surface area contributed by atoms with Gasteiger partial charge in [0, 0.05) is 10.1 Å². The number of amides is 2. The van der Waals surface area contributed by atoms with Gasteiger partial charge in [-0.2, -0.15) is 0 Å². The lowest BCUT2D eigenvalue weighted by atomic mass is 9.98. The summed E-state index contributed by atoms with van der Waals surface area (Å²) in [5.41, 5.74) is 2.97. The van der Waals surface area contributed by atoms with E-state index < -0.39 is 0 Å². The first-order valence-corrected chi connectivity index (χ1v) is 9.28. The molecule has 128 valence electrons. The fourth-order valence-electron chi connectivity index (χ4n) is 2.83. The Morgan fingerprint density at radius 3 is 2.68 bits per heavy atom. The minimum atomic E-state index is -0.287. The molecule has 0 saturated heterocycles. The molecule has 1 heterocycles. The molecule has 0 fully saturated rings. The number of halogens is 1. The van der Waals surface area contributed by atoms with Crippen LogP contribution < -0.4 is 15.9 Å². The van der Waals surface area contributed by atoms with Gasteiger partial charge in [0.25, 0.3) is 11.8 Å². The number of benzene rings is 2. The van der Waals surface area contributed by atoms with Crippen LogP contribution in [-0.4, -0.2) is 18.4 Å². The van der Waals surface area contributed by atoms with Gasteiger partial charge in [-0.3, -0.25) is 9.59 Å². The van der Waals surface area contributed by atoms with Crippen molar-refractivity contribution >= 4 is 40.5 Å². The third-order valence-corrected chi connectivity index (χ3v) is 5.37. The number of aryl methyl sites for hydroxylation is 2. The standard InChI is InChI=1S/C20H19IN2O2/c1-12-9-15-11-14(19(24)23-18(15)10-13(12)2)7-8-22-20(25)16-5-3-4-6-17(16)21/h3-6,9-11,14H,7-8H2,1-2H3,(H,22,25). The molecule has 1 unspecified atom stereocenters. The largest absolute Gasteiger partial charge is 0.352 e. The fourth-order valence-corrected chi connectivity index (χ4v) is 3.46. The molecule has 4 nitrogen and oxygen atoms in total. The Labute approximate surface area is 160 Å². The second kappa shape index (κ2) is 7.47. The molecule has 1 atom stereocenters. The molecule has 3 rings (SSSR count). The summed E-state index contributed by atoms with van der Waals surface area (Å²) in [7, 11) is 0. The predicted octanol–water partition coefficient (Wildman–Crippen LogP) is 2.28. The van der Waals surface area contributed by atoms with Gasteiger partial charge in [-0.05, 0) is 83.5 Å². The number of nitrogens with zero attached hydrogens (tertiary/aromatic N) is 1. The second-order valence-electron chi connectivity index (χ2n) is 6.24. The number of hydrogen-bond donors (Lipinski definition) is 1. The summed E-state index contributed by atoms with van der Waals surface area (Å²) < 4.78 is 0.910. The van der Waals surface area contributed by atoms with Gasteiger partial charge in [0.1, 0.15) is 0 Å². The maximum atomic E-state index is 12.2. The van der Waals surface area contributed by atoms with Crippen molar-refractivity contribution in [2.24, 2.45) is 10.9 Å². The first kappa shape index (κ1) is 17.8. The molecule has 2 aromatic rings. The summed E-state index contributed by atoms with van der Waals surface area (Å²) in [5.74, 6) is -0.541. The maximum absolute atomic E-state index is 12.2. The molecular weight excluding hydrogens is 427 g/mol. The van der Waals surface area contributed by atoms with Crippen LogP contribution in [0.4, 0.5) is 0 Å². The monoisotopic (exact) mass is 446 g/mol. The van der Waals surface area contributed by atoms with E-state index in [-0.39, 0.29) is 17.7 Å². The van der Waals surface area contributed by atoms with Gasteiger partial charge in [0.05, 0.1) is 16.8 Å². The van der Waals surface area contributed by atoms with E-state index in [0.717, 1.165) is 19.7 Å². The van der Waals surface area contributed by atoms with Crippen LogP contribution in [0.25, 0.3) is 6.08 Å². The van der Waals surface area contributed by atoms with Crippen LogP contribution in [0.2, 0.25) is 0 Å². The zero-order valence-electron chi connectivity index (χ0n) is 14.2. The fraction of sp³-hybridized carbons (Fsp3) is 0.250. The van der Waals surface area contributed by atoms with Gasteiger partial charge in [0.2, 0.25) is 0 Å². The van der Waals surface area contributed by atoms with E-state index in [2.05, 4.69) is 45.9 Å². The Balaban J connectivity index is 1.69. The zero-order chi connectivity index (χ0) is 18.0. The zero-order valence-corrected chi connectivity index (χ0v) is 16.3. The molecule has 0 aliphatic carbocycles. The van der Waals surface area contributed by atoms with Crippen molar-refractivity contribution in [3.63, 3.8) is 0 Å². The Morgan fingerprint density at radius 1 is 1.20 bits per heavy atom. The van der Waals surface area contributed by atoms with Crippen molar-refractivity contribution in [2.75, 3.05) is 6.54 Å². The second-order valence-corrected chi connectivity index (χ2v) is 7.41. The summed E-state index contributed by atoms with van der Waals surface area (Å²) in [6.45, 7) is 4.51.